The van der Waals surface area contributed by atoms with Gasteiger partial charge < -0.3 is 4.74 Å². The van der Waals surface area contributed by atoms with Gasteiger partial charge in [-0.2, -0.15) is 0 Å². The van der Waals surface area contributed by atoms with E-state index in [2.05, 4.69) is 4.72 Å². The zero-order valence-corrected chi connectivity index (χ0v) is 14.2. The summed E-state index contributed by atoms with van der Waals surface area (Å²) in [4.78, 5) is 0.333. The predicted octanol–water partition coefficient (Wildman–Crippen LogP) is 3.85. The Bertz CT molecular complexity index is 778. The van der Waals surface area contributed by atoms with Gasteiger partial charge >= 0.3 is 0 Å². The van der Waals surface area contributed by atoms with E-state index in [4.69, 9.17) is 4.74 Å². The van der Waals surface area contributed by atoms with Gasteiger partial charge in [-0.05, 0) is 47.9 Å². The molecule has 0 aromatic heterocycles. The average Bonchev–Trinajstić information content (AvgIpc) is 2.82. The van der Waals surface area contributed by atoms with Crippen LogP contribution in [-0.2, 0) is 10.0 Å². The van der Waals surface area contributed by atoms with Gasteiger partial charge in [0.05, 0.1) is 12.0 Å². The topological polar surface area (TPSA) is 55.4 Å². The summed E-state index contributed by atoms with van der Waals surface area (Å²) < 4.78 is 33.4. The number of hydrogen-bond donors (Lipinski definition) is 1. The first kappa shape index (κ1) is 16.3. The van der Waals surface area contributed by atoms with Crippen LogP contribution in [0.2, 0.25) is 0 Å². The van der Waals surface area contributed by atoms with Crippen molar-refractivity contribution in [3.63, 3.8) is 0 Å². The molecule has 124 valence electrons. The SMILES string of the molecule is COc1ccc2cc(S(=O)(=O)NC3CCCCCC3)ccc2c1. The van der Waals surface area contributed by atoms with Crippen molar-refractivity contribution in [1.82, 2.24) is 4.72 Å². The first-order chi connectivity index (χ1) is 11.1. The minimum Gasteiger partial charge on any atom is -0.497 e. The summed E-state index contributed by atoms with van der Waals surface area (Å²) in [5.41, 5.74) is 0. The molecule has 1 N–H and O–H groups in total. The number of sulfonamides is 1. The highest BCUT2D eigenvalue weighted by molar-refractivity contribution is 7.89. The van der Waals surface area contributed by atoms with Gasteiger partial charge in [0.1, 0.15) is 5.75 Å². The molecule has 0 heterocycles. The third kappa shape index (κ3) is 3.85. The Kier molecular flexibility index (Phi) is 4.87. The smallest absolute Gasteiger partial charge is 0.240 e. The monoisotopic (exact) mass is 333 g/mol. The second-order valence-corrected chi connectivity index (χ2v) is 7.90. The van der Waals surface area contributed by atoms with E-state index in [9.17, 15) is 8.42 Å². The summed E-state index contributed by atoms with van der Waals surface area (Å²) in [7, 11) is -1.84. The Morgan fingerprint density at radius 2 is 1.61 bits per heavy atom. The number of methoxy groups -OCH3 is 1. The van der Waals surface area contributed by atoms with Crippen molar-refractivity contribution in [2.75, 3.05) is 7.11 Å². The molecule has 0 saturated heterocycles. The molecule has 1 saturated carbocycles. The molecule has 0 atom stereocenters. The number of rotatable bonds is 4. The largest absolute Gasteiger partial charge is 0.497 e. The van der Waals surface area contributed by atoms with Crippen LogP contribution in [0.15, 0.2) is 41.3 Å². The van der Waals surface area contributed by atoms with Crippen LogP contribution in [0.3, 0.4) is 0 Å². The molecular formula is C18H23NO3S. The minimum absolute atomic E-state index is 0.0639. The molecule has 4 nitrogen and oxygen atoms in total. The molecule has 0 aliphatic heterocycles. The molecule has 0 radical (unpaired) electrons. The number of nitrogens with one attached hydrogen (secondary N) is 1. The predicted molar refractivity (Wildman–Crippen MR) is 92.3 cm³/mol. The van der Waals surface area contributed by atoms with Crippen molar-refractivity contribution in [3.8, 4) is 5.75 Å². The molecule has 1 aliphatic rings. The van der Waals surface area contributed by atoms with Crippen molar-refractivity contribution in [1.29, 1.82) is 0 Å². The van der Waals surface area contributed by atoms with Crippen LogP contribution < -0.4 is 9.46 Å². The maximum atomic E-state index is 12.6. The van der Waals surface area contributed by atoms with Crippen LogP contribution in [0.25, 0.3) is 10.8 Å². The van der Waals surface area contributed by atoms with E-state index in [1.165, 1.54) is 12.8 Å². The van der Waals surface area contributed by atoms with E-state index in [1.807, 2.05) is 24.3 Å². The summed E-state index contributed by atoms with van der Waals surface area (Å²) in [6.45, 7) is 0. The van der Waals surface area contributed by atoms with Gasteiger partial charge in [0, 0.05) is 6.04 Å². The van der Waals surface area contributed by atoms with E-state index in [1.54, 1.807) is 19.2 Å². The van der Waals surface area contributed by atoms with Gasteiger partial charge in [-0.15, -0.1) is 0 Å². The van der Waals surface area contributed by atoms with Crippen molar-refractivity contribution in [3.05, 3.63) is 36.4 Å². The fourth-order valence-corrected chi connectivity index (χ4v) is 4.52. The van der Waals surface area contributed by atoms with E-state index in [0.717, 1.165) is 42.2 Å². The van der Waals surface area contributed by atoms with Gasteiger partial charge in [-0.25, -0.2) is 13.1 Å². The Morgan fingerprint density at radius 3 is 2.30 bits per heavy atom. The Balaban J connectivity index is 1.85. The molecule has 0 bridgehead atoms. The summed E-state index contributed by atoms with van der Waals surface area (Å²) >= 11 is 0. The molecule has 0 unspecified atom stereocenters. The van der Waals surface area contributed by atoms with Crippen molar-refractivity contribution in [2.24, 2.45) is 0 Å². The summed E-state index contributed by atoms with van der Waals surface area (Å²) in [6, 6.07) is 10.9. The molecule has 1 aliphatic carbocycles. The van der Waals surface area contributed by atoms with Crippen LogP contribution in [0, 0.1) is 0 Å². The van der Waals surface area contributed by atoms with Gasteiger partial charge in [0.15, 0.2) is 0 Å². The maximum absolute atomic E-state index is 12.6. The van der Waals surface area contributed by atoms with Crippen LogP contribution in [0.1, 0.15) is 38.5 Å². The second kappa shape index (κ2) is 6.89. The zero-order valence-electron chi connectivity index (χ0n) is 13.4. The van der Waals surface area contributed by atoms with Crippen molar-refractivity contribution in [2.45, 2.75) is 49.5 Å². The average molecular weight is 333 g/mol. The van der Waals surface area contributed by atoms with Crippen LogP contribution in [-0.4, -0.2) is 21.6 Å². The third-order valence-electron chi connectivity index (χ3n) is 4.51. The lowest BCUT2D eigenvalue weighted by Crippen LogP contribution is -2.34. The van der Waals surface area contributed by atoms with Gasteiger partial charge in [0.2, 0.25) is 10.0 Å². The lowest BCUT2D eigenvalue weighted by molar-refractivity contribution is 0.415. The molecule has 1 fully saturated rings. The number of hydrogen-bond acceptors (Lipinski definition) is 3. The first-order valence-corrected chi connectivity index (χ1v) is 9.67. The molecular weight excluding hydrogens is 310 g/mol. The normalized spacial score (nSPS) is 17.1. The first-order valence-electron chi connectivity index (χ1n) is 8.19. The highest BCUT2D eigenvalue weighted by Gasteiger charge is 2.21. The Morgan fingerprint density at radius 1 is 0.957 bits per heavy atom. The molecule has 2 aromatic rings. The fraction of sp³-hybridized carbons (Fsp3) is 0.444. The summed E-state index contributed by atoms with van der Waals surface area (Å²) in [6.07, 6.45) is 6.48. The molecule has 0 amide bonds. The molecule has 2 aromatic carbocycles. The lowest BCUT2D eigenvalue weighted by Gasteiger charge is -2.16. The summed E-state index contributed by atoms with van der Waals surface area (Å²) in [5, 5.41) is 1.87. The van der Waals surface area contributed by atoms with Gasteiger partial charge in [0.25, 0.3) is 0 Å². The Hall–Kier alpha value is -1.59. The summed E-state index contributed by atoms with van der Waals surface area (Å²) in [5.74, 6) is 0.768. The highest BCUT2D eigenvalue weighted by atomic mass is 32.2. The fourth-order valence-electron chi connectivity index (χ4n) is 3.18. The maximum Gasteiger partial charge on any atom is 0.240 e. The second-order valence-electron chi connectivity index (χ2n) is 6.18. The minimum atomic E-state index is -3.46. The van der Waals surface area contributed by atoms with Crippen LogP contribution in [0.4, 0.5) is 0 Å². The molecule has 3 rings (SSSR count). The zero-order chi connectivity index (χ0) is 16.3. The van der Waals surface area contributed by atoms with E-state index >= 15 is 0 Å². The van der Waals surface area contributed by atoms with Crippen LogP contribution in [0.5, 0.6) is 5.75 Å². The molecule has 5 heteroatoms. The van der Waals surface area contributed by atoms with Gasteiger partial charge in [-0.1, -0.05) is 37.8 Å². The lowest BCUT2D eigenvalue weighted by atomic mass is 10.1. The molecule has 23 heavy (non-hydrogen) atoms. The third-order valence-corrected chi connectivity index (χ3v) is 6.02. The highest BCUT2D eigenvalue weighted by Crippen LogP contribution is 2.25. The number of benzene rings is 2. The Labute approximate surface area is 137 Å². The number of ether oxygens (including phenoxy) is 1. The van der Waals surface area contributed by atoms with E-state index in [0.29, 0.717) is 4.90 Å². The standard InChI is InChI=1S/C18H23NO3S/c1-22-17-10-8-15-13-18(11-9-14(15)12-17)23(20,21)19-16-6-4-2-3-5-7-16/h8-13,16,19H,2-7H2,1H3. The molecule has 0 spiro atoms. The van der Waals surface area contributed by atoms with Crippen molar-refractivity contribution >= 4 is 20.8 Å². The van der Waals surface area contributed by atoms with Gasteiger partial charge in [-0.3, -0.25) is 0 Å². The number of fused-ring (bicyclic) bond motifs is 1. The van der Waals surface area contributed by atoms with E-state index < -0.39 is 10.0 Å². The van der Waals surface area contributed by atoms with Crippen molar-refractivity contribution < 1.29 is 13.2 Å². The van der Waals surface area contributed by atoms with E-state index in [-0.39, 0.29) is 6.04 Å². The van der Waals surface area contributed by atoms with Crippen LogP contribution >= 0.6 is 0 Å². The quantitative estimate of drug-likeness (QED) is 0.865.